The summed E-state index contributed by atoms with van der Waals surface area (Å²) in [7, 11) is -4.23. The number of aryl methyl sites for hydroxylation is 1. The van der Waals surface area contributed by atoms with Gasteiger partial charge in [0.2, 0.25) is 0 Å². The van der Waals surface area contributed by atoms with Crippen molar-refractivity contribution in [2.45, 2.75) is 57.8 Å². The highest BCUT2D eigenvalue weighted by Gasteiger charge is 2.30. The molecule has 2 aliphatic heterocycles. The average molecular weight is 837 g/mol. The maximum absolute atomic E-state index is 13.9. The second kappa shape index (κ2) is 17.4. The van der Waals surface area contributed by atoms with Crippen LogP contribution >= 0.6 is 11.6 Å². The van der Waals surface area contributed by atoms with Crippen LogP contribution in [0.3, 0.4) is 0 Å². The summed E-state index contributed by atoms with van der Waals surface area (Å²) in [5.74, 6) is 1.03. The lowest BCUT2D eigenvalue weighted by atomic mass is 9.72. The second-order valence-corrected chi connectivity index (χ2v) is 19.0. The van der Waals surface area contributed by atoms with Crippen molar-refractivity contribution in [3.8, 4) is 17.2 Å². The van der Waals surface area contributed by atoms with Gasteiger partial charge in [0, 0.05) is 79.8 Å². The van der Waals surface area contributed by atoms with Gasteiger partial charge in [0.05, 0.1) is 17.1 Å². The number of benzene rings is 4. The quantitative estimate of drug-likeness (QED) is 0.128. The molecule has 0 radical (unpaired) electrons. The van der Waals surface area contributed by atoms with Crippen LogP contribution in [0.4, 0.5) is 5.69 Å². The van der Waals surface area contributed by atoms with E-state index in [-0.39, 0.29) is 21.6 Å². The first kappa shape index (κ1) is 40.9. The Kier molecular flexibility index (Phi) is 12.1. The Labute approximate surface area is 352 Å². The molecule has 59 heavy (non-hydrogen) atoms. The molecule has 0 atom stereocenters. The maximum atomic E-state index is 13.9. The average Bonchev–Trinajstić information content (AvgIpc) is 3.70. The molecule has 12 heteroatoms. The Morgan fingerprint density at radius 3 is 2.47 bits per heavy atom. The molecular weight excluding hydrogens is 784 g/mol. The smallest absolute Gasteiger partial charge is 0.268 e. The number of fused-ring (bicyclic) bond motifs is 1. The lowest BCUT2D eigenvalue weighted by molar-refractivity contribution is 0.0496. The van der Waals surface area contributed by atoms with Crippen molar-refractivity contribution in [3.05, 3.63) is 118 Å². The second-order valence-electron chi connectivity index (χ2n) is 16.9. The molecule has 2 saturated heterocycles. The molecule has 5 aromatic rings. The molecule has 0 bridgehead atoms. The molecule has 4 aromatic carbocycles. The molecule has 0 spiro atoms. The van der Waals surface area contributed by atoms with E-state index < -0.39 is 15.9 Å². The lowest BCUT2D eigenvalue weighted by Crippen LogP contribution is -2.47. The number of piperazine rings is 1. The van der Waals surface area contributed by atoms with E-state index in [1.54, 1.807) is 19.1 Å². The van der Waals surface area contributed by atoms with Crippen LogP contribution in [0.5, 0.6) is 17.2 Å². The van der Waals surface area contributed by atoms with Crippen LogP contribution in [-0.2, 0) is 14.8 Å². The molecule has 3 heterocycles. The third-order valence-electron chi connectivity index (χ3n) is 12.0. The van der Waals surface area contributed by atoms with E-state index in [0.29, 0.717) is 29.6 Å². The van der Waals surface area contributed by atoms with E-state index in [2.05, 4.69) is 45.5 Å². The fraction of sp³-hybridized carbons (Fsp3) is 0.383. The monoisotopic (exact) mass is 836 g/mol. The summed E-state index contributed by atoms with van der Waals surface area (Å²) < 4.78 is 47.5. The van der Waals surface area contributed by atoms with Gasteiger partial charge in [-0.3, -0.25) is 9.69 Å². The van der Waals surface area contributed by atoms with Crippen LogP contribution in [0.15, 0.2) is 102 Å². The number of ether oxygens (including phenoxy) is 3. The fourth-order valence-corrected chi connectivity index (χ4v) is 9.58. The number of carbonyl (C=O) groups excluding carboxylic acids is 1. The van der Waals surface area contributed by atoms with Crippen molar-refractivity contribution in [1.82, 2.24) is 14.6 Å². The molecule has 1 aliphatic carbocycles. The van der Waals surface area contributed by atoms with Crippen molar-refractivity contribution >= 4 is 49.7 Å². The number of aromatic amines is 1. The van der Waals surface area contributed by atoms with Gasteiger partial charge >= 0.3 is 0 Å². The summed E-state index contributed by atoms with van der Waals surface area (Å²) in [4.78, 5) is 21.9. The Hall–Kier alpha value is -4.81. The number of anilines is 1. The molecule has 0 saturated carbocycles. The lowest BCUT2D eigenvalue weighted by Gasteiger charge is -2.39. The van der Waals surface area contributed by atoms with Crippen molar-refractivity contribution in [3.63, 3.8) is 0 Å². The number of halogens is 1. The highest BCUT2D eigenvalue weighted by atomic mass is 35.5. The zero-order chi connectivity index (χ0) is 41.1. The summed E-state index contributed by atoms with van der Waals surface area (Å²) in [6, 6.07) is 25.9. The summed E-state index contributed by atoms with van der Waals surface area (Å²) in [6.07, 6.45) is 7.02. The van der Waals surface area contributed by atoms with E-state index >= 15 is 0 Å². The Morgan fingerprint density at radius 1 is 0.932 bits per heavy atom. The van der Waals surface area contributed by atoms with Crippen LogP contribution in [0.2, 0.25) is 5.02 Å². The molecule has 3 aliphatic rings. The SMILES string of the molecule is Cc1cc(S(=O)(=O)NC(=O)c2ccc(N3CCN(CC4=C(c5ccc(Cl)cc5)CC(C)(C)CC4)CC3)cc2Oc2ccc3[nH]ccc3c2)ccc1OCC1CCOCC1. The summed E-state index contributed by atoms with van der Waals surface area (Å²) in [5.41, 5.74) is 7.09. The number of hydrogen-bond donors (Lipinski definition) is 2. The molecule has 2 N–H and O–H groups in total. The maximum Gasteiger partial charge on any atom is 0.268 e. The first-order valence-corrected chi connectivity index (χ1v) is 22.5. The predicted octanol–water partition coefficient (Wildman–Crippen LogP) is 9.63. The number of hydrogen-bond acceptors (Lipinski definition) is 8. The van der Waals surface area contributed by atoms with Gasteiger partial charge in [-0.15, -0.1) is 0 Å². The normalized spacial score (nSPS) is 17.9. The third kappa shape index (κ3) is 9.81. The molecule has 2 fully saturated rings. The van der Waals surface area contributed by atoms with Gasteiger partial charge in [0.15, 0.2) is 0 Å². The Balaban J connectivity index is 0.986. The van der Waals surface area contributed by atoms with Gasteiger partial charge in [0.25, 0.3) is 15.9 Å². The molecular formula is C47H53ClN4O6S. The highest BCUT2D eigenvalue weighted by molar-refractivity contribution is 7.90. The van der Waals surface area contributed by atoms with Gasteiger partial charge in [0.1, 0.15) is 17.2 Å². The number of allylic oxidation sites excluding steroid dienone is 1. The minimum Gasteiger partial charge on any atom is -0.493 e. The van der Waals surface area contributed by atoms with Crippen LogP contribution in [0.25, 0.3) is 16.5 Å². The van der Waals surface area contributed by atoms with Crippen molar-refractivity contribution in [2.24, 2.45) is 11.3 Å². The molecule has 1 amide bonds. The standard InChI is InChI=1S/C47H53ClN4O6S/c1-32-26-40(10-13-44(32)57-31-33-16-24-56-25-17-33)59(54,55)50-46(53)41-11-8-38(28-45(41)58-39-9-12-43-35(27-39)15-19-49-43)52-22-20-51(21-23-52)30-36-14-18-47(2,3)29-42(36)34-4-6-37(48)7-5-34/h4-13,15,19,26-28,33,49H,14,16-18,20-25,29-31H2,1-3H3,(H,50,53). The van der Waals surface area contributed by atoms with Gasteiger partial charge in [-0.2, -0.15) is 0 Å². The van der Waals surface area contributed by atoms with Crippen molar-refractivity contribution in [1.29, 1.82) is 0 Å². The number of amides is 1. The summed E-state index contributed by atoms with van der Waals surface area (Å²) in [5, 5.41) is 1.70. The van der Waals surface area contributed by atoms with Gasteiger partial charge in [-0.25, -0.2) is 13.1 Å². The van der Waals surface area contributed by atoms with Gasteiger partial charge in [-0.1, -0.05) is 43.2 Å². The minimum absolute atomic E-state index is 0.0235. The molecule has 10 nitrogen and oxygen atoms in total. The summed E-state index contributed by atoms with van der Waals surface area (Å²) >= 11 is 6.25. The number of H-pyrrole nitrogens is 1. The number of nitrogens with zero attached hydrogens (tertiary/aromatic N) is 2. The van der Waals surface area contributed by atoms with E-state index in [1.165, 1.54) is 35.3 Å². The number of aromatic nitrogens is 1. The number of sulfonamides is 1. The topological polar surface area (TPSA) is 113 Å². The van der Waals surface area contributed by atoms with Gasteiger partial charge in [-0.05, 0) is 134 Å². The van der Waals surface area contributed by atoms with Crippen LogP contribution in [-0.4, -0.2) is 76.8 Å². The molecule has 0 unspecified atom stereocenters. The van der Waals surface area contributed by atoms with E-state index in [0.717, 1.165) is 93.2 Å². The first-order chi connectivity index (χ1) is 28.4. The van der Waals surface area contributed by atoms with Crippen molar-refractivity contribution in [2.75, 3.05) is 57.4 Å². The number of rotatable bonds is 12. The molecule has 1 aromatic heterocycles. The van der Waals surface area contributed by atoms with Crippen LogP contribution in [0, 0.1) is 18.3 Å². The largest absolute Gasteiger partial charge is 0.493 e. The zero-order valence-corrected chi connectivity index (χ0v) is 35.6. The third-order valence-corrected chi connectivity index (χ3v) is 13.6. The van der Waals surface area contributed by atoms with Crippen LogP contribution < -0.4 is 19.1 Å². The Morgan fingerprint density at radius 2 is 1.71 bits per heavy atom. The fourth-order valence-electron chi connectivity index (χ4n) is 8.41. The zero-order valence-electron chi connectivity index (χ0n) is 34.1. The van der Waals surface area contributed by atoms with Crippen molar-refractivity contribution < 1.29 is 27.4 Å². The predicted molar refractivity (Wildman–Crippen MR) is 234 cm³/mol. The number of carbonyl (C=O) groups is 1. The van der Waals surface area contributed by atoms with Crippen LogP contribution in [0.1, 0.15) is 67.4 Å². The number of nitrogens with one attached hydrogen (secondary N) is 2. The molecule has 310 valence electrons. The van der Waals surface area contributed by atoms with E-state index in [4.69, 9.17) is 25.8 Å². The van der Waals surface area contributed by atoms with Gasteiger partial charge < -0.3 is 24.1 Å². The highest BCUT2D eigenvalue weighted by Crippen LogP contribution is 2.43. The minimum atomic E-state index is -4.23. The summed E-state index contributed by atoms with van der Waals surface area (Å²) in [6.45, 7) is 12.8. The first-order valence-electron chi connectivity index (χ1n) is 20.6. The van der Waals surface area contributed by atoms with E-state index in [1.807, 2.05) is 54.7 Å². The molecule has 8 rings (SSSR count). The van der Waals surface area contributed by atoms with E-state index in [9.17, 15) is 13.2 Å². The Bertz CT molecular complexity index is 2450.